The summed E-state index contributed by atoms with van der Waals surface area (Å²) < 4.78 is 19.6. The number of rotatable bonds is 4. The summed E-state index contributed by atoms with van der Waals surface area (Å²) in [7, 11) is 1.69. The maximum absolute atomic E-state index is 14.1. The number of likely N-dealkylation sites (tertiary alicyclic amines) is 1. The van der Waals surface area contributed by atoms with E-state index < -0.39 is 11.8 Å². The number of carboxylic acids is 1. The van der Waals surface area contributed by atoms with E-state index in [0.29, 0.717) is 12.1 Å². The molecule has 1 heterocycles. The summed E-state index contributed by atoms with van der Waals surface area (Å²) in [5, 5.41) is 8.94. The molecule has 1 unspecified atom stereocenters. The maximum atomic E-state index is 14.1. The van der Waals surface area contributed by atoms with Crippen molar-refractivity contribution in [3.63, 3.8) is 0 Å². The minimum absolute atomic E-state index is 0.209. The summed E-state index contributed by atoms with van der Waals surface area (Å²) in [5.74, 6) is -1.87. The standard InChI is InChI=1S/C15H20FNO3/c1-15(20-2)7-4-8-17(10-15)9-11-5-3-6-12(13(11)16)14(18)19/h3,5-6H,4,7-10H2,1-2H3,(H,18,19). The lowest BCUT2D eigenvalue weighted by molar-refractivity contribution is -0.0529. The molecule has 5 heteroatoms. The Morgan fingerprint density at radius 1 is 1.55 bits per heavy atom. The van der Waals surface area contributed by atoms with Crippen LogP contribution in [0.1, 0.15) is 35.7 Å². The lowest BCUT2D eigenvalue weighted by Crippen LogP contribution is -2.47. The van der Waals surface area contributed by atoms with E-state index in [1.54, 1.807) is 19.2 Å². The highest BCUT2D eigenvalue weighted by Crippen LogP contribution is 2.25. The van der Waals surface area contributed by atoms with Gasteiger partial charge in [0, 0.05) is 25.8 Å². The maximum Gasteiger partial charge on any atom is 0.338 e. The fourth-order valence-electron chi connectivity index (χ4n) is 2.72. The predicted molar refractivity (Wildman–Crippen MR) is 73.3 cm³/mol. The summed E-state index contributed by atoms with van der Waals surface area (Å²) in [6.07, 6.45) is 1.97. The highest BCUT2D eigenvalue weighted by Gasteiger charge is 2.31. The Kier molecular flexibility index (Phi) is 4.40. The number of piperidine rings is 1. The molecular formula is C15H20FNO3. The molecule has 1 fully saturated rings. The van der Waals surface area contributed by atoms with Crippen LogP contribution in [-0.4, -0.2) is 41.8 Å². The van der Waals surface area contributed by atoms with E-state index in [-0.39, 0.29) is 11.2 Å². The first kappa shape index (κ1) is 14.9. The molecule has 0 aromatic heterocycles. The molecule has 0 radical (unpaired) electrons. The SMILES string of the molecule is COC1(C)CCCN(Cc2cccc(C(=O)O)c2F)C1. The van der Waals surface area contributed by atoms with E-state index in [0.717, 1.165) is 25.9 Å². The first-order chi connectivity index (χ1) is 9.45. The molecular weight excluding hydrogens is 261 g/mol. The van der Waals surface area contributed by atoms with Crippen LogP contribution in [-0.2, 0) is 11.3 Å². The van der Waals surface area contributed by atoms with Crippen LogP contribution in [0.15, 0.2) is 18.2 Å². The number of halogens is 1. The van der Waals surface area contributed by atoms with Gasteiger partial charge in [-0.25, -0.2) is 9.18 Å². The second kappa shape index (κ2) is 5.89. The van der Waals surface area contributed by atoms with E-state index in [1.807, 2.05) is 6.92 Å². The zero-order valence-electron chi connectivity index (χ0n) is 11.9. The van der Waals surface area contributed by atoms with Crippen molar-refractivity contribution in [2.24, 2.45) is 0 Å². The normalized spacial score (nSPS) is 23.8. The van der Waals surface area contributed by atoms with Crippen molar-refractivity contribution in [1.29, 1.82) is 0 Å². The Bertz CT molecular complexity index is 506. The molecule has 1 aliphatic heterocycles. The van der Waals surface area contributed by atoms with Crippen LogP contribution in [0.4, 0.5) is 4.39 Å². The Morgan fingerprint density at radius 2 is 2.30 bits per heavy atom. The zero-order valence-corrected chi connectivity index (χ0v) is 11.9. The molecule has 0 bridgehead atoms. The summed E-state index contributed by atoms with van der Waals surface area (Å²) in [4.78, 5) is 13.1. The molecule has 1 aliphatic rings. The van der Waals surface area contributed by atoms with Crippen LogP contribution in [0.3, 0.4) is 0 Å². The number of ether oxygens (including phenoxy) is 1. The van der Waals surface area contributed by atoms with Gasteiger partial charge in [-0.2, -0.15) is 0 Å². The first-order valence-corrected chi connectivity index (χ1v) is 6.73. The monoisotopic (exact) mass is 281 g/mol. The fraction of sp³-hybridized carbons (Fsp3) is 0.533. The quantitative estimate of drug-likeness (QED) is 0.921. The van der Waals surface area contributed by atoms with Gasteiger partial charge in [-0.1, -0.05) is 12.1 Å². The number of nitrogens with zero attached hydrogens (tertiary/aromatic N) is 1. The van der Waals surface area contributed by atoms with Crippen LogP contribution in [0.5, 0.6) is 0 Å². The molecule has 2 rings (SSSR count). The molecule has 1 aromatic rings. The van der Waals surface area contributed by atoms with Crippen LogP contribution in [0.25, 0.3) is 0 Å². The minimum Gasteiger partial charge on any atom is -0.478 e. The third-order valence-corrected chi connectivity index (χ3v) is 3.93. The van der Waals surface area contributed by atoms with E-state index in [2.05, 4.69) is 4.90 Å². The summed E-state index contributed by atoms with van der Waals surface area (Å²) in [6.45, 7) is 4.05. The van der Waals surface area contributed by atoms with Gasteiger partial charge in [0.15, 0.2) is 0 Å². The smallest absolute Gasteiger partial charge is 0.338 e. The van der Waals surface area contributed by atoms with Crippen molar-refractivity contribution in [1.82, 2.24) is 4.90 Å². The molecule has 1 aromatic carbocycles. The molecule has 0 aliphatic carbocycles. The number of methoxy groups -OCH3 is 1. The van der Waals surface area contributed by atoms with Gasteiger partial charge in [0.1, 0.15) is 5.82 Å². The van der Waals surface area contributed by atoms with Crippen LogP contribution in [0, 0.1) is 5.82 Å². The average molecular weight is 281 g/mol. The Morgan fingerprint density at radius 3 is 2.95 bits per heavy atom. The van der Waals surface area contributed by atoms with Gasteiger partial charge in [0.25, 0.3) is 0 Å². The Hall–Kier alpha value is -1.46. The van der Waals surface area contributed by atoms with E-state index in [9.17, 15) is 9.18 Å². The molecule has 110 valence electrons. The third-order valence-electron chi connectivity index (χ3n) is 3.93. The molecule has 1 saturated heterocycles. The highest BCUT2D eigenvalue weighted by molar-refractivity contribution is 5.88. The van der Waals surface area contributed by atoms with Crippen LogP contribution in [0.2, 0.25) is 0 Å². The van der Waals surface area contributed by atoms with Crippen molar-refractivity contribution in [2.75, 3.05) is 20.2 Å². The molecule has 0 spiro atoms. The first-order valence-electron chi connectivity index (χ1n) is 6.73. The molecule has 4 nitrogen and oxygen atoms in total. The summed E-state index contributed by atoms with van der Waals surface area (Å²) >= 11 is 0. The van der Waals surface area contributed by atoms with Gasteiger partial charge < -0.3 is 9.84 Å². The average Bonchev–Trinajstić information content (AvgIpc) is 2.41. The molecule has 1 atom stereocenters. The number of hydrogen-bond acceptors (Lipinski definition) is 3. The lowest BCUT2D eigenvalue weighted by atomic mass is 9.94. The van der Waals surface area contributed by atoms with Crippen molar-refractivity contribution in [3.05, 3.63) is 35.1 Å². The number of aromatic carboxylic acids is 1. The van der Waals surface area contributed by atoms with Gasteiger partial charge in [0.05, 0.1) is 11.2 Å². The van der Waals surface area contributed by atoms with Gasteiger partial charge in [-0.3, -0.25) is 4.90 Å². The van der Waals surface area contributed by atoms with E-state index >= 15 is 0 Å². The number of carboxylic acid groups (broad SMARTS) is 1. The number of carbonyl (C=O) groups is 1. The van der Waals surface area contributed by atoms with Crippen molar-refractivity contribution in [2.45, 2.75) is 31.9 Å². The molecule has 1 N–H and O–H groups in total. The van der Waals surface area contributed by atoms with Gasteiger partial charge in [-0.05, 0) is 32.4 Å². The Balaban J connectivity index is 2.14. The number of hydrogen-bond donors (Lipinski definition) is 1. The summed E-state index contributed by atoms with van der Waals surface area (Å²) in [5.41, 5.74) is -0.0571. The van der Waals surface area contributed by atoms with Crippen molar-refractivity contribution >= 4 is 5.97 Å². The van der Waals surface area contributed by atoms with E-state index in [4.69, 9.17) is 9.84 Å². The Labute approximate surface area is 118 Å². The van der Waals surface area contributed by atoms with Gasteiger partial charge in [-0.15, -0.1) is 0 Å². The largest absolute Gasteiger partial charge is 0.478 e. The fourth-order valence-corrected chi connectivity index (χ4v) is 2.72. The second-order valence-electron chi connectivity index (χ2n) is 5.55. The predicted octanol–water partition coefficient (Wildman–Crippen LogP) is 2.52. The zero-order chi connectivity index (χ0) is 14.8. The topological polar surface area (TPSA) is 49.8 Å². The highest BCUT2D eigenvalue weighted by atomic mass is 19.1. The van der Waals surface area contributed by atoms with Crippen LogP contribution < -0.4 is 0 Å². The molecule has 0 amide bonds. The van der Waals surface area contributed by atoms with Crippen molar-refractivity contribution < 1.29 is 19.0 Å². The van der Waals surface area contributed by atoms with Gasteiger partial charge in [0.2, 0.25) is 0 Å². The molecule has 20 heavy (non-hydrogen) atoms. The van der Waals surface area contributed by atoms with Gasteiger partial charge >= 0.3 is 5.97 Å². The third kappa shape index (κ3) is 3.16. The molecule has 0 saturated carbocycles. The van der Waals surface area contributed by atoms with Crippen molar-refractivity contribution in [3.8, 4) is 0 Å². The second-order valence-corrected chi connectivity index (χ2v) is 5.55. The minimum atomic E-state index is -1.23. The summed E-state index contributed by atoms with van der Waals surface area (Å²) in [6, 6.07) is 4.51. The lowest BCUT2D eigenvalue weighted by Gasteiger charge is -2.39. The number of benzene rings is 1. The van der Waals surface area contributed by atoms with Crippen LogP contribution >= 0.6 is 0 Å². The van der Waals surface area contributed by atoms with E-state index in [1.165, 1.54) is 6.07 Å².